The van der Waals surface area contributed by atoms with Gasteiger partial charge in [-0.2, -0.15) is 0 Å². The van der Waals surface area contributed by atoms with E-state index in [0.717, 1.165) is 17.0 Å². The molecule has 2 aliphatic heterocycles. The largest absolute Gasteiger partial charge is 0.490 e. The van der Waals surface area contributed by atoms with Crippen LogP contribution in [0, 0.1) is 0 Å². The molecule has 4 bridgehead atoms. The first-order valence-corrected chi connectivity index (χ1v) is 10.2. The van der Waals surface area contributed by atoms with Crippen molar-refractivity contribution in [2.24, 2.45) is 0 Å². The predicted octanol–water partition coefficient (Wildman–Crippen LogP) is 1.34. The topological polar surface area (TPSA) is 84.0 Å². The van der Waals surface area contributed by atoms with Crippen LogP contribution in [0.5, 0.6) is 11.6 Å². The zero-order chi connectivity index (χ0) is 19.0. The zero-order valence-corrected chi connectivity index (χ0v) is 16.1. The summed E-state index contributed by atoms with van der Waals surface area (Å²) in [5.74, 6) is 0.859. The molecular formula is C18H22N4O4S. The second-order valence-electron chi connectivity index (χ2n) is 6.64. The number of nitrogens with one attached hydrogen (secondary N) is 1. The van der Waals surface area contributed by atoms with Crippen molar-refractivity contribution in [1.82, 2.24) is 14.6 Å². The van der Waals surface area contributed by atoms with Gasteiger partial charge in [-0.05, 0) is 30.8 Å². The Morgan fingerprint density at radius 3 is 2.93 bits per heavy atom. The fraction of sp³-hybridized carbons (Fsp3) is 0.389. The van der Waals surface area contributed by atoms with Gasteiger partial charge < -0.3 is 19.3 Å². The minimum Gasteiger partial charge on any atom is -0.490 e. The molecule has 8 nitrogen and oxygen atoms in total. The van der Waals surface area contributed by atoms with Crippen molar-refractivity contribution in [3.8, 4) is 11.6 Å². The minimum atomic E-state index is -3.75. The lowest BCUT2D eigenvalue weighted by atomic mass is 10.1. The molecule has 0 atom stereocenters. The molecule has 3 heterocycles. The first-order chi connectivity index (χ1) is 13.0. The van der Waals surface area contributed by atoms with E-state index in [1.807, 2.05) is 24.1 Å². The van der Waals surface area contributed by atoms with E-state index in [1.165, 1.54) is 7.11 Å². The molecule has 0 aliphatic carbocycles. The smallest absolute Gasteiger partial charge is 0.246 e. The molecule has 0 amide bonds. The van der Waals surface area contributed by atoms with Crippen LogP contribution in [0.15, 0.2) is 35.4 Å². The van der Waals surface area contributed by atoms with Gasteiger partial charge in [0.15, 0.2) is 0 Å². The van der Waals surface area contributed by atoms with E-state index in [2.05, 4.69) is 20.7 Å². The number of aromatic nitrogens is 1. The van der Waals surface area contributed by atoms with Crippen LogP contribution in [0.3, 0.4) is 0 Å². The van der Waals surface area contributed by atoms with Gasteiger partial charge in [0.05, 0.1) is 31.2 Å². The number of hydrogen-bond donors (Lipinski definition) is 1. The summed E-state index contributed by atoms with van der Waals surface area (Å²) in [5.41, 5.74) is 2.73. The molecule has 4 rings (SSSR count). The Kier molecular flexibility index (Phi) is 4.67. The molecule has 0 radical (unpaired) electrons. The van der Waals surface area contributed by atoms with Gasteiger partial charge in [-0.3, -0.25) is 0 Å². The Morgan fingerprint density at radius 1 is 1.26 bits per heavy atom. The standard InChI is InChI=1S/C18H22N4O4S/c1-21-6-5-20-27(23,24)17-10-14(11-19-18(17)25-2)22-7-8-26-16-4-3-13(12-21)9-15(16)22/h3-4,9-11,20H,5-8,12H2,1-2H3. The Balaban J connectivity index is 1.90. The number of likely N-dealkylation sites (N-methyl/N-ethyl adjacent to an activating group) is 1. The molecule has 144 valence electrons. The van der Waals surface area contributed by atoms with Crippen LogP contribution in [0.1, 0.15) is 5.56 Å². The van der Waals surface area contributed by atoms with Crippen molar-refractivity contribution < 1.29 is 17.9 Å². The third-order valence-electron chi connectivity index (χ3n) is 4.72. The molecule has 2 aliphatic rings. The zero-order valence-electron chi connectivity index (χ0n) is 15.3. The monoisotopic (exact) mass is 390 g/mol. The number of methoxy groups -OCH3 is 1. The van der Waals surface area contributed by atoms with Crippen LogP contribution < -0.4 is 19.1 Å². The molecule has 1 aromatic carbocycles. The average Bonchev–Trinajstić information content (AvgIpc) is 2.66. The molecular weight excluding hydrogens is 368 g/mol. The second-order valence-corrected chi connectivity index (χ2v) is 8.37. The molecule has 27 heavy (non-hydrogen) atoms. The van der Waals surface area contributed by atoms with Crippen molar-refractivity contribution in [2.75, 3.05) is 45.3 Å². The molecule has 1 N–H and O–H groups in total. The predicted molar refractivity (Wildman–Crippen MR) is 101 cm³/mol. The maximum Gasteiger partial charge on any atom is 0.246 e. The number of sulfonamides is 1. The van der Waals surface area contributed by atoms with Crippen molar-refractivity contribution >= 4 is 21.4 Å². The maximum absolute atomic E-state index is 12.8. The van der Waals surface area contributed by atoms with Crippen LogP contribution in [0.2, 0.25) is 0 Å². The van der Waals surface area contributed by atoms with E-state index in [9.17, 15) is 8.42 Å². The van der Waals surface area contributed by atoms with E-state index in [-0.39, 0.29) is 10.8 Å². The number of ether oxygens (including phenoxy) is 2. The molecule has 0 fully saturated rings. The van der Waals surface area contributed by atoms with Crippen LogP contribution in [-0.4, -0.2) is 58.7 Å². The highest BCUT2D eigenvalue weighted by molar-refractivity contribution is 7.89. The number of fused-ring (bicyclic) bond motifs is 4. The molecule has 0 saturated carbocycles. The lowest BCUT2D eigenvalue weighted by Gasteiger charge is -2.32. The van der Waals surface area contributed by atoms with Gasteiger partial charge in [-0.1, -0.05) is 6.07 Å². The summed E-state index contributed by atoms with van der Waals surface area (Å²) in [6.45, 7) is 2.70. The summed E-state index contributed by atoms with van der Waals surface area (Å²) in [7, 11) is -0.369. The van der Waals surface area contributed by atoms with E-state index in [0.29, 0.717) is 38.5 Å². The van der Waals surface area contributed by atoms with Crippen LogP contribution >= 0.6 is 0 Å². The van der Waals surface area contributed by atoms with Crippen LogP contribution in [-0.2, 0) is 16.6 Å². The summed E-state index contributed by atoms with van der Waals surface area (Å²) in [4.78, 5) is 8.38. The van der Waals surface area contributed by atoms with Gasteiger partial charge in [0.2, 0.25) is 15.9 Å². The molecule has 2 aromatic rings. The molecule has 0 saturated heterocycles. The first-order valence-electron chi connectivity index (χ1n) is 8.73. The van der Waals surface area contributed by atoms with Crippen LogP contribution in [0.4, 0.5) is 11.4 Å². The lowest BCUT2D eigenvalue weighted by Crippen LogP contribution is -2.33. The quantitative estimate of drug-likeness (QED) is 0.787. The summed E-state index contributed by atoms with van der Waals surface area (Å²) >= 11 is 0. The van der Waals surface area contributed by atoms with Crippen LogP contribution in [0.25, 0.3) is 0 Å². The van der Waals surface area contributed by atoms with Crippen molar-refractivity contribution in [1.29, 1.82) is 0 Å². The van der Waals surface area contributed by atoms with Gasteiger partial charge >= 0.3 is 0 Å². The SMILES string of the molecule is COc1ncc2cc1S(=O)(=O)NCCN(C)Cc1ccc3c(c1)N2CCO3. The van der Waals surface area contributed by atoms with E-state index in [4.69, 9.17) is 9.47 Å². The molecule has 0 unspecified atom stereocenters. The average molecular weight is 390 g/mol. The summed E-state index contributed by atoms with van der Waals surface area (Å²) in [6, 6.07) is 7.71. The molecule has 0 spiro atoms. The number of nitrogens with zero attached hydrogens (tertiary/aromatic N) is 3. The van der Waals surface area contributed by atoms with Gasteiger partial charge in [0.1, 0.15) is 17.3 Å². The number of hydrogen-bond acceptors (Lipinski definition) is 7. The van der Waals surface area contributed by atoms with Crippen molar-refractivity contribution in [3.63, 3.8) is 0 Å². The maximum atomic E-state index is 12.8. The Hall–Kier alpha value is -2.36. The van der Waals surface area contributed by atoms with Crippen molar-refractivity contribution in [3.05, 3.63) is 36.0 Å². The number of benzene rings is 1. The van der Waals surface area contributed by atoms with Gasteiger partial charge in [-0.25, -0.2) is 18.1 Å². The lowest BCUT2D eigenvalue weighted by molar-refractivity contribution is 0.312. The summed E-state index contributed by atoms with van der Waals surface area (Å²) in [5, 5.41) is 0. The van der Waals surface area contributed by atoms with E-state index >= 15 is 0 Å². The molecule has 9 heteroatoms. The minimum absolute atomic E-state index is 0.0357. The normalized spacial score (nSPS) is 19.3. The highest BCUT2D eigenvalue weighted by atomic mass is 32.2. The highest BCUT2D eigenvalue weighted by Gasteiger charge is 2.26. The highest BCUT2D eigenvalue weighted by Crippen LogP contribution is 2.39. The third kappa shape index (κ3) is 3.45. The first kappa shape index (κ1) is 18.0. The Bertz CT molecular complexity index is 964. The second kappa shape index (κ2) is 6.99. The van der Waals surface area contributed by atoms with Crippen molar-refractivity contribution in [2.45, 2.75) is 11.4 Å². The summed E-state index contributed by atoms with van der Waals surface area (Å²) < 4.78 is 39.3. The fourth-order valence-corrected chi connectivity index (χ4v) is 4.54. The number of pyridine rings is 1. The summed E-state index contributed by atoms with van der Waals surface area (Å²) in [6.07, 6.45) is 1.63. The molecule has 1 aromatic heterocycles. The van der Waals surface area contributed by atoms with Gasteiger partial charge in [-0.15, -0.1) is 0 Å². The Labute approximate surface area is 158 Å². The van der Waals surface area contributed by atoms with Gasteiger partial charge in [0, 0.05) is 19.6 Å². The fourth-order valence-electron chi connectivity index (χ4n) is 3.38. The van der Waals surface area contributed by atoms with E-state index in [1.54, 1.807) is 12.3 Å². The number of anilines is 2. The Morgan fingerprint density at radius 2 is 2.11 bits per heavy atom. The van der Waals surface area contributed by atoms with E-state index < -0.39 is 10.0 Å². The van der Waals surface area contributed by atoms with Gasteiger partial charge in [0.25, 0.3) is 0 Å². The number of rotatable bonds is 1. The third-order valence-corrected chi connectivity index (χ3v) is 6.18.